The number of nitrogens with zero attached hydrogens (tertiary/aromatic N) is 1. The topological polar surface area (TPSA) is 46.6 Å². The number of halogens is 1. The predicted octanol–water partition coefficient (Wildman–Crippen LogP) is 3.44. The number of benzene rings is 2. The molecule has 0 aliphatic heterocycles. The lowest BCUT2D eigenvalue weighted by atomic mass is 10.1. The Morgan fingerprint density at radius 1 is 1.23 bits per heavy atom. The van der Waals surface area contributed by atoms with Gasteiger partial charge in [0, 0.05) is 12.6 Å². The molecule has 0 spiro atoms. The van der Waals surface area contributed by atoms with Crippen LogP contribution in [0, 0.1) is 0 Å². The van der Waals surface area contributed by atoms with Gasteiger partial charge in [-0.05, 0) is 23.8 Å². The molecule has 1 amide bonds. The fourth-order valence-corrected chi connectivity index (χ4v) is 2.28. The summed E-state index contributed by atoms with van der Waals surface area (Å²) in [5.41, 5.74) is 2.13. The fraction of sp³-hybridized carbons (Fsp3) is 0.176. The molecule has 0 aliphatic carbocycles. The average molecular weight is 362 g/mol. The zero-order valence-electron chi connectivity index (χ0n) is 12.2. The Morgan fingerprint density at radius 3 is 2.59 bits per heavy atom. The monoisotopic (exact) mass is 361 g/mol. The molecule has 2 aromatic carbocycles. The van der Waals surface area contributed by atoms with Crippen LogP contribution in [-0.4, -0.2) is 24.6 Å². The van der Waals surface area contributed by atoms with Gasteiger partial charge in [-0.3, -0.25) is 9.59 Å². The van der Waals surface area contributed by atoms with Crippen LogP contribution in [0.1, 0.15) is 15.9 Å². The third-order valence-corrected chi connectivity index (χ3v) is 3.69. The van der Waals surface area contributed by atoms with Crippen LogP contribution in [0.2, 0.25) is 0 Å². The van der Waals surface area contributed by atoms with Gasteiger partial charge in [0.1, 0.15) is 12.4 Å². The molecule has 4 nitrogen and oxygen atoms in total. The van der Waals surface area contributed by atoms with Crippen molar-refractivity contribution in [3.05, 3.63) is 59.7 Å². The molecular weight excluding hydrogens is 346 g/mol. The van der Waals surface area contributed by atoms with Crippen molar-refractivity contribution in [2.45, 2.75) is 6.61 Å². The number of amides is 1. The number of ketones is 1. The molecule has 0 heterocycles. The van der Waals surface area contributed by atoms with Gasteiger partial charge in [0.05, 0.1) is 11.0 Å². The first-order valence-electron chi connectivity index (χ1n) is 6.73. The first kappa shape index (κ1) is 16.2. The van der Waals surface area contributed by atoms with E-state index in [9.17, 15) is 9.59 Å². The van der Waals surface area contributed by atoms with Gasteiger partial charge in [-0.2, -0.15) is 0 Å². The Balaban J connectivity index is 2.25. The predicted molar refractivity (Wildman–Crippen MR) is 89.8 cm³/mol. The summed E-state index contributed by atoms with van der Waals surface area (Å²) in [4.78, 5) is 24.2. The van der Waals surface area contributed by atoms with E-state index in [4.69, 9.17) is 4.74 Å². The van der Waals surface area contributed by atoms with Gasteiger partial charge in [-0.15, -0.1) is 0 Å². The van der Waals surface area contributed by atoms with Crippen LogP contribution in [0.5, 0.6) is 5.75 Å². The highest BCUT2D eigenvalue weighted by molar-refractivity contribution is 9.09. The maximum Gasteiger partial charge on any atom is 0.213 e. The molecule has 0 radical (unpaired) electrons. The van der Waals surface area contributed by atoms with Gasteiger partial charge in [0.25, 0.3) is 0 Å². The number of rotatable bonds is 7. The van der Waals surface area contributed by atoms with Crippen molar-refractivity contribution in [3.8, 4) is 5.75 Å². The lowest BCUT2D eigenvalue weighted by molar-refractivity contribution is -0.107. The number of carbonyl (C=O) groups excluding carboxylic acids is 2. The first-order valence-corrected chi connectivity index (χ1v) is 7.86. The minimum absolute atomic E-state index is 0.0461. The molecule has 0 N–H and O–H groups in total. The molecule has 2 aromatic rings. The third-order valence-electron chi connectivity index (χ3n) is 3.18. The highest BCUT2D eigenvalue weighted by atomic mass is 79.9. The second kappa shape index (κ2) is 7.75. The second-order valence-electron chi connectivity index (χ2n) is 4.73. The van der Waals surface area contributed by atoms with E-state index in [2.05, 4.69) is 15.9 Å². The smallest absolute Gasteiger partial charge is 0.213 e. The van der Waals surface area contributed by atoms with E-state index in [1.54, 1.807) is 25.2 Å². The molecular formula is C17H16BrNO3. The van der Waals surface area contributed by atoms with E-state index >= 15 is 0 Å². The number of ether oxygens (including phenoxy) is 1. The normalized spacial score (nSPS) is 10.1. The number of alkyl halides is 1. The summed E-state index contributed by atoms with van der Waals surface area (Å²) in [7, 11) is 1.63. The zero-order chi connectivity index (χ0) is 15.9. The molecule has 0 aromatic heterocycles. The molecule has 0 saturated heterocycles. The number of hydrogen-bond donors (Lipinski definition) is 0. The standard InChI is InChI=1S/C17H16BrNO3/c1-19(12-20)15-9-14(16(21)10-18)7-8-17(15)22-11-13-5-3-2-4-6-13/h2-9,12H,10-11H2,1H3. The van der Waals surface area contributed by atoms with Gasteiger partial charge in [-0.25, -0.2) is 0 Å². The summed E-state index contributed by atoms with van der Waals surface area (Å²) in [5.74, 6) is 0.514. The first-order chi connectivity index (χ1) is 10.7. The van der Waals surface area contributed by atoms with Crippen LogP contribution in [0.3, 0.4) is 0 Å². The molecule has 114 valence electrons. The molecule has 0 aliphatic rings. The summed E-state index contributed by atoms with van der Waals surface area (Å²) < 4.78 is 5.79. The SMILES string of the molecule is CN(C=O)c1cc(C(=O)CBr)ccc1OCc1ccccc1. The number of hydrogen-bond acceptors (Lipinski definition) is 3. The van der Waals surface area contributed by atoms with Crippen molar-refractivity contribution in [3.63, 3.8) is 0 Å². The van der Waals surface area contributed by atoms with Crippen molar-refractivity contribution in [2.75, 3.05) is 17.3 Å². The minimum atomic E-state index is -0.0461. The highest BCUT2D eigenvalue weighted by Crippen LogP contribution is 2.29. The maximum absolute atomic E-state index is 11.8. The van der Waals surface area contributed by atoms with Gasteiger partial charge >= 0.3 is 0 Å². The van der Waals surface area contributed by atoms with Crippen LogP contribution < -0.4 is 9.64 Å². The molecule has 22 heavy (non-hydrogen) atoms. The van der Waals surface area contributed by atoms with Crippen molar-refractivity contribution in [1.82, 2.24) is 0 Å². The van der Waals surface area contributed by atoms with Crippen molar-refractivity contribution >= 4 is 33.8 Å². The van der Waals surface area contributed by atoms with E-state index in [1.807, 2.05) is 30.3 Å². The molecule has 0 unspecified atom stereocenters. The summed E-state index contributed by atoms with van der Waals surface area (Å²) in [6.07, 6.45) is 0.688. The Morgan fingerprint density at radius 2 is 1.95 bits per heavy atom. The molecule has 5 heteroatoms. The molecule has 0 bridgehead atoms. The number of anilines is 1. The maximum atomic E-state index is 11.8. The Bertz CT molecular complexity index is 658. The summed E-state index contributed by atoms with van der Waals surface area (Å²) in [6.45, 7) is 0.395. The Labute approximate surface area is 137 Å². The van der Waals surface area contributed by atoms with E-state index in [-0.39, 0.29) is 11.1 Å². The Hall–Kier alpha value is -2.14. The van der Waals surface area contributed by atoms with Crippen molar-refractivity contribution in [1.29, 1.82) is 0 Å². The average Bonchev–Trinajstić information content (AvgIpc) is 2.59. The summed E-state index contributed by atoms with van der Waals surface area (Å²) in [6, 6.07) is 14.8. The summed E-state index contributed by atoms with van der Waals surface area (Å²) >= 11 is 3.15. The minimum Gasteiger partial charge on any atom is -0.487 e. The van der Waals surface area contributed by atoms with Crippen LogP contribution >= 0.6 is 15.9 Å². The molecule has 2 rings (SSSR count). The van der Waals surface area contributed by atoms with E-state index in [1.165, 1.54) is 4.90 Å². The van der Waals surface area contributed by atoms with E-state index < -0.39 is 0 Å². The summed E-state index contributed by atoms with van der Waals surface area (Å²) in [5, 5.41) is 0.238. The quantitative estimate of drug-likeness (QED) is 0.431. The largest absolute Gasteiger partial charge is 0.487 e. The fourth-order valence-electron chi connectivity index (χ4n) is 1.96. The number of Topliss-reactive ketones (excluding diaryl/α,β-unsaturated/α-hetero) is 1. The molecule has 0 atom stereocenters. The lowest BCUT2D eigenvalue weighted by Gasteiger charge is -2.17. The van der Waals surface area contributed by atoms with Crippen LogP contribution in [-0.2, 0) is 11.4 Å². The van der Waals surface area contributed by atoms with Crippen molar-refractivity contribution in [2.24, 2.45) is 0 Å². The van der Waals surface area contributed by atoms with Crippen LogP contribution in [0.15, 0.2) is 48.5 Å². The third kappa shape index (κ3) is 3.95. The lowest BCUT2D eigenvalue weighted by Crippen LogP contribution is -2.16. The number of carbonyl (C=O) groups is 2. The van der Waals surface area contributed by atoms with E-state index in [0.717, 1.165) is 5.56 Å². The van der Waals surface area contributed by atoms with Crippen LogP contribution in [0.4, 0.5) is 5.69 Å². The van der Waals surface area contributed by atoms with Gasteiger partial charge in [0.15, 0.2) is 5.78 Å². The van der Waals surface area contributed by atoms with Crippen molar-refractivity contribution < 1.29 is 14.3 Å². The highest BCUT2D eigenvalue weighted by Gasteiger charge is 2.13. The van der Waals surface area contributed by atoms with Gasteiger partial charge in [-0.1, -0.05) is 46.3 Å². The second-order valence-corrected chi connectivity index (χ2v) is 5.29. The molecule has 0 saturated carbocycles. The zero-order valence-corrected chi connectivity index (χ0v) is 13.7. The Kier molecular flexibility index (Phi) is 5.72. The van der Waals surface area contributed by atoms with Gasteiger partial charge < -0.3 is 9.64 Å². The van der Waals surface area contributed by atoms with Gasteiger partial charge in [0.2, 0.25) is 6.41 Å². The van der Waals surface area contributed by atoms with E-state index in [0.29, 0.717) is 30.0 Å². The molecule has 0 fully saturated rings. The van der Waals surface area contributed by atoms with Crippen LogP contribution in [0.25, 0.3) is 0 Å².